The average molecular weight is 361 g/mol. The first-order valence-electron chi connectivity index (χ1n) is 5.04. The highest BCUT2D eigenvalue weighted by atomic mass is 79.9. The average Bonchev–Trinajstić information content (AvgIpc) is 2.80. The number of rotatable bonds is 3. The van der Waals surface area contributed by atoms with Crippen molar-refractivity contribution in [2.45, 2.75) is 13.0 Å². The van der Waals surface area contributed by atoms with Crippen molar-refractivity contribution in [3.05, 3.63) is 33.0 Å². The molecule has 2 aromatic rings. The molecular weight excluding hydrogens is 350 g/mol. The van der Waals surface area contributed by atoms with E-state index in [-0.39, 0.29) is 6.04 Å². The second-order valence-electron chi connectivity index (χ2n) is 3.55. The number of benzene rings is 1. The van der Waals surface area contributed by atoms with Crippen molar-refractivity contribution >= 4 is 31.9 Å². The Hall–Kier alpha value is -0.790. The van der Waals surface area contributed by atoms with Gasteiger partial charge in [0.1, 0.15) is 0 Å². The minimum absolute atomic E-state index is 0.0795. The minimum atomic E-state index is 0.0795. The van der Waals surface area contributed by atoms with E-state index in [0.29, 0.717) is 0 Å². The zero-order chi connectivity index (χ0) is 12.4. The zero-order valence-electron chi connectivity index (χ0n) is 9.35. The summed E-state index contributed by atoms with van der Waals surface area (Å²) in [6.07, 6.45) is 0. The quantitative estimate of drug-likeness (QED) is 0.913. The van der Waals surface area contributed by atoms with Crippen molar-refractivity contribution in [3.8, 4) is 5.69 Å². The smallest absolute Gasteiger partial charge is 0.173 e. The van der Waals surface area contributed by atoms with Crippen LogP contribution in [0.3, 0.4) is 0 Å². The molecule has 1 N–H and O–H groups in total. The fourth-order valence-corrected chi connectivity index (χ4v) is 2.18. The van der Waals surface area contributed by atoms with Crippen LogP contribution in [0.4, 0.5) is 0 Å². The predicted molar refractivity (Wildman–Crippen MR) is 72.0 cm³/mol. The Morgan fingerprint density at radius 3 is 2.82 bits per heavy atom. The summed E-state index contributed by atoms with van der Waals surface area (Å²) >= 11 is 6.94. The Balaban J connectivity index is 2.53. The van der Waals surface area contributed by atoms with Gasteiger partial charge >= 0.3 is 0 Å². The van der Waals surface area contributed by atoms with Crippen molar-refractivity contribution < 1.29 is 0 Å². The summed E-state index contributed by atoms with van der Waals surface area (Å²) in [5, 5.41) is 14.9. The maximum Gasteiger partial charge on any atom is 0.173 e. The van der Waals surface area contributed by atoms with Crippen LogP contribution in [-0.4, -0.2) is 27.3 Å². The third-order valence-electron chi connectivity index (χ3n) is 2.45. The van der Waals surface area contributed by atoms with Crippen LogP contribution in [0.5, 0.6) is 0 Å². The highest BCUT2D eigenvalue weighted by Crippen LogP contribution is 2.26. The Kier molecular flexibility index (Phi) is 3.90. The van der Waals surface area contributed by atoms with Gasteiger partial charge in [-0.3, -0.25) is 0 Å². The third-order valence-corrected chi connectivity index (χ3v) is 3.61. The van der Waals surface area contributed by atoms with Crippen LogP contribution in [0.2, 0.25) is 0 Å². The summed E-state index contributed by atoms with van der Waals surface area (Å²) in [6.45, 7) is 2.01. The van der Waals surface area contributed by atoms with E-state index >= 15 is 0 Å². The van der Waals surface area contributed by atoms with Crippen LogP contribution in [0.15, 0.2) is 27.1 Å². The normalized spacial score (nSPS) is 12.7. The van der Waals surface area contributed by atoms with Gasteiger partial charge in [-0.25, -0.2) is 0 Å². The molecule has 0 spiro atoms. The molecule has 0 saturated carbocycles. The number of nitrogens with zero attached hydrogens (tertiary/aromatic N) is 4. The molecule has 0 aliphatic carbocycles. The van der Waals surface area contributed by atoms with E-state index in [2.05, 4.69) is 52.7 Å². The maximum atomic E-state index is 4.04. The number of tetrazole rings is 1. The molecule has 90 valence electrons. The van der Waals surface area contributed by atoms with Gasteiger partial charge in [0.25, 0.3) is 0 Å². The molecule has 0 saturated heterocycles. The van der Waals surface area contributed by atoms with Gasteiger partial charge in [0.15, 0.2) is 5.82 Å². The highest BCUT2D eigenvalue weighted by molar-refractivity contribution is 9.11. The molecule has 17 heavy (non-hydrogen) atoms. The van der Waals surface area contributed by atoms with E-state index in [9.17, 15) is 0 Å². The largest absolute Gasteiger partial charge is 0.311 e. The van der Waals surface area contributed by atoms with Crippen LogP contribution in [0.1, 0.15) is 18.8 Å². The molecule has 1 heterocycles. The first-order valence-corrected chi connectivity index (χ1v) is 6.63. The number of nitrogens with one attached hydrogen (secondary N) is 1. The fraction of sp³-hybridized carbons (Fsp3) is 0.300. The Bertz CT molecular complexity index is 525. The fourth-order valence-electron chi connectivity index (χ4n) is 1.41. The van der Waals surface area contributed by atoms with Gasteiger partial charge in [-0.15, -0.1) is 5.10 Å². The first-order chi connectivity index (χ1) is 8.13. The third kappa shape index (κ3) is 2.56. The van der Waals surface area contributed by atoms with Crippen molar-refractivity contribution in [3.63, 3.8) is 0 Å². The van der Waals surface area contributed by atoms with Gasteiger partial charge in [-0.2, -0.15) is 4.68 Å². The van der Waals surface area contributed by atoms with E-state index < -0.39 is 0 Å². The van der Waals surface area contributed by atoms with Crippen LogP contribution < -0.4 is 5.32 Å². The first kappa shape index (κ1) is 12.7. The highest BCUT2D eigenvalue weighted by Gasteiger charge is 2.15. The molecule has 0 aliphatic rings. The van der Waals surface area contributed by atoms with E-state index in [0.717, 1.165) is 20.5 Å². The lowest BCUT2D eigenvalue weighted by Gasteiger charge is -2.11. The summed E-state index contributed by atoms with van der Waals surface area (Å²) in [4.78, 5) is 0. The summed E-state index contributed by atoms with van der Waals surface area (Å²) in [7, 11) is 1.87. The molecule has 1 atom stereocenters. The summed E-state index contributed by atoms with van der Waals surface area (Å²) < 4.78 is 3.64. The van der Waals surface area contributed by atoms with E-state index in [1.54, 1.807) is 4.68 Å². The zero-order valence-corrected chi connectivity index (χ0v) is 12.5. The molecule has 1 unspecified atom stereocenters. The molecule has 1 aromatic carbocycles. The lowest BCUT2D eigenvalue weighted by molar-refractivity contribution is 0.588. The summed E-state index contributed by atoms with van der Waals surface area (Å²) in [5.41, 5.74) is 0.904. The van der Waals surface area contributed by atoms with Crippen molar-refractivity contribution in [2.24, 2.45) is 0 Å². The molecular formula is C10H11Br2N5. The summed E-state index contributed by atoms with van der Waals surface area (Å²) in [5.74, 6) is 0.770. The topological polar surface area (TPSA) is 55.6 Å². The molecule has 0 amide bonds. The van der Waals surface area contributed by atoms with E-state index in [4.69, 9.17) is 0 Å². The predicted octanol–water partition coefficient (Wildman–Crippen LogP) is 2.47. The van der Waals surface area contributed by atoms with E-state index in [1.165, 1.54) is 0 Å². The van der Waals surface area contributed by atoms with Gasteiger partial charge in [0, 0.05) is 8.95 Å². The van der Waals surface area contributed by atoms with Gasteiger partial charge in [-0.05, 0) is 58.5 Å². The molecule has 0 radical (unpaired) electrons. The van der Waals surface area contributed by atoms with Crippen LogP contribution in [0.25, 0.3) is 5.69 Å². The molecule has 2 rings (SSSR count). The standard InChI is InChI=1S/C10H11Br2N5/c1-6(13-2)10-14-15-16-17(10)9-5-7(11)3-4-8(9)12/h3-6,13H,1-2H3. The maximum absolute atomic E-state index is 4.04. The molecule has 0 aliphatic heterocycles. The number of hydrogen-bond donors (Lipinski definition) is 1. The molecule has 0 bridgehead atoms. The van der Waals surface area contributed by atoms with Crippen molar-refractivity contribution in [2.75, 3.05) is 7.05 Å². The van der Waals surface area contributed by atoms with Gasteiger partial charge in [0.05, 0.1) is 11.7 Å². The molecule has 5 nitrogen and oxygen atoms in total. The number of hydrogen-bond acceptors (Lipinski definition) is 4. The summed E-state index contributed by atoms with van der Waals surface area (Å²) in [6, 6.07) is 5.95. The molecule has 0 fully saturated rings. The van der Waals surface area contributed by atoms with E-state index in [1.807, 2.05) is 32.2 Å². The monoisotopic (exact) mass is 359 g/mol. The molecule has 7 heteroatoms. The van der Waals surface area contributed by atoms with Crippen molar-refractivity contribution in [1.29, 1.82) is 0 Å². The van der Waals surface area contributed by atoms with Gasteiger partial charge in [-0.1, -0.05) is 15.9 Å². The second kappa shape index (κ2) is 5.24. The Labute approximate surface area is 116 Å². The lowest BCUT2D eigenvalue weighted by atomic mass is 10.3. The lowest BCUT2D eigenvalue weighted by Crippen LogP contribution is -2.18. The SMILES string of the molecule is CNC(C)c1nnnn1-c1cc(Br)ccc1Br. The van der Waals surface area contributed by atoms with Crippen molar-refractivity contribution in [1.82, 2.24) is 25.5 Å². The second-order valence-corrected chi connectivity index (χ2v) is 5.32. The number of aromatic nitrogens is 4. The Morgan fingerprint density at radius 1 is 1.35 bits per heavy atom. The van der Waals surface area contributed by atoms with Gasteiger partial charge in [0.2, 0.25) is 0 Å². The van der Waals surface area contributed by atoms with Gasteiger partial charge < -0.3 is 5.32 Å². The minimum Gasteiger partial charge on any atom is -0.311 e. The molecule has 1 aromatic heterocycles. The Morgan fingerprint density at radius 2 is 2.12 bits per heavy atom. The number of halogens is 2. The van der Waals surface area contributed by atoms with Crippen LogP contribution >= 0.6 is 31.9 Å². The van der Waals surface area contributed by atoms with Crippen LogP contribution in [0, 0.1) is 0 Å². The van der Waals surface area contributed by atoms with Crippen LogP contribution in [-0.2, 0) is 0 Å².